The van der Waals surface area contributed by atoms with Gasteiger partial charge in [0, 0.05) is 12.6 Å². The van der Waals surface area contributed by atoms with Crippen LogP contribution in [0.1, 0.15) is 31.4 Å². The van der Waals surface area contributed by atoms with E-state index in [9.17, 15) is 0 Å². The van der Waals surface area contributed by atoms with Gasteiger partial charge in [0.05, 0.1) is 11.6 Å². The van der Waals surface area contributed by atoms with E-state index in [4.69, 9.17) is 11.0 Å². The van der Waals surface area contributed by atoms with Crippen LogP contribution in [-0.4, -0.2) is 24.5 Å². The average Bonchev–Trinajstić information content (AvgIpc) is 2.36. The van der Waals surface area contributed by atoms with Crippen molar-refractivity contribution in [3.8, 4) is 6.07 Å². The molecule has 98 valence electrons. The predicted octanol–water partition coefficient (Wildman–Crippen LogP) is 2.36. The first kappa shape index (κ1) is 14.7. The highest BCUT2D eigenvalue weighted by atomic mass is 15.1. The van der Waals surface area contributed by atoms with E-state index in [1.165, 1.54) is 5.56 Å². The lowest BCUT2D eigenvalue weighted by molar-refractivity contribution is 0.296. The maximum absolute atomic E-state index is 8.73. The van der Waals surface area contributed by atoms with E-state index in [0.29, 0.717) is 11.5 Å². The van der Waals surface area contributed by atoms with Crippen LogP contribution in [0.3, 0.4) is 0 Å². The quantitative estimate of drug-likeness (QED) is 0.837. The van der Waals surface area contributed by atoms with Gasteiger partial charge in [-0.3, -0.25) is 0 Å². The zero-order chi connectivity index (χ0) is 13.5. The van der Waals surface area contributed by atoms with Crippen LogP contribution in [0, 0.1) is 17.2 Å². The van der Waals surface area contributed by atoms with Crippen molar-refractivity contribution < 1.29 is 0 Å². The van der Waals surface area contributed by atoms with E-state index < -0.39 is 0 Å². The summed E-state index contributed by atoms with van der Waals surface area (Å²) in [5, 5.41) is 8.73. The summed E-state index contributed by atoms with van der Waals surface area (Å²) in [6.07, 6.45) is 1.02. The molecule has 1 aromatic carbocycles. The van der Waals surface area contributed by atoms with Gasteiger partial charge in [0.15, 0.2) is 0 Å². The molecule has 18 heavy (non-hydrogen) atoms. The second kappa shape index (κ2) is 7.15. The maximum Gasteiger partial charge on any atom is 0.0991 e. The summed E-state index contributed by atoms with van der Waals surface area (Å²) in [6, 6.07) is 10.2. The molecule has 2 N–H and O–H groups in total. The Morgan fingerprint density at radius 3 is 2.39 bits per heavy atom. The van der Waals surface area contributed by atoms with Crippen molar-refractivity contribution in [3.05, 3.63) is 35.4 Å². The van der Waals surface area contributed by atoms with Crippen LogP contribution in [0.25, 0.3) is 0 Å². The smallest absolute Gasteiger partial charge is 0.0991 e. The minimum atomic E-state index is 0.272. The van der Waals surface area contributed by atoms with Crippen molar-refractivity contribution in [2.45, 2.75) is 32.9 Å². The molecule has 1 atom stereocenters. The minimum Gasteiger partial charge on any atom is -0.327 e. The molecule has 0 aliphatic rings. The topological polar surface area (TPSA) is 53.0 Å². The summed E-state index contributed by atoms with van der Waals surface area (Å²) in [6.45, 7) is 6.21. The largest absolute Gasteiger partial charge is 0.327 e. The second-order valence-corrected chi connectivity index (χ2v) is 5.24. The van der Waals surface area contributed by atoms with Gasteiger partial charge in [0.1, 0.15) is 0 Å². The van der Waals surface area contributed by atoms with Gasteiger partial charge in [0.2, 0.25) is 0 Å². The summed E-state index contributed by atoms with van der Waals surface area (Å²) in [4.78, 5) is 2.27. The predicted molar refractivity (Wildman–Crippen MR) is 74.9 cm³/mol. The molecular weight excluding hydrogens is 222 g/mol. The van der Waals surface area contributed by atoms with E-state index >= 15 is 0 Å². The van der Waals surface area contributed by atoms with Gasteiger partial charge in [-0.2, -0.15) is 5.26 Å². The fourth-order valence-electron chi connectivity index (χ4n) is 1.78. The van der Waals surface area contributed by atoms with Crippen molar-refractivity contribution in [3.63, 3.8) is 0 Å². The van der Waals surface area contributed by atoms with Gasteiger partial charge in [0.25, 0.3) is 0 Å². The third kappa shape index (κ3) is 4.87. The summed E-state index contributed by atoms with van der Waals surface area (Å²) >= 11 is 0. The number of hydrogen-bond acceptors (Lipinski definition) is 3. The van der Waals surface area contributed by atoms with Crippen LogP contribution in [-0.2, 0) is 6.54 Å². The molecule has 0 bridgehead atoms. The third-order valence-corrected chi connectivity index (χ3v) is 3.24. The van der Waals surface area contributed by atoms with E-state index in [1.807, 2.05) is 24.3 Å². The molecule has 0 aliphatic carbocycles. The third-order valence-electron chi connectivity index (χ3n) is 3.24. The molecule has 1 rings (SSSR count). The summed E-state index contributed by atoms with van der Waals surface area (Å²) in [5.74, 6) is 0.535. The van der Waals surface area contributed by atoms with E-state index in [0.717, 1.165) is 19.5 Å². The lowest BCUT2D eigenvalue weighted by Gasteiger charge is -2.21. The van der Waals surface area contributed by atoms with E-state index in [1.54, 1.807) is 0 Å². The van der Waals surface area contributed by atoms with Gasteiger partial charge in [-0.15, -0.1) is 0 Å². The monoisotopic (exact) mass is 245 g/mol. The van der Waals surface area contributed by atoms with Gasteiger partial charge in [-0.25, -0.2) is 0 Å². The lowest BCUT2D eigenvalue weighted by Crippen LogP contribution is -2.31. The standard InChI is InChI=1S/C15H23N3/c1-12(2)15(17)8-9-18(3)11-14-6-4-13(10-16)5-7-14/h4-7,12,15H,8-9,11,17H2,1-3H3. The Morgan fingerprint density at radius 2 is 1.89 bits per heavy atom. The van der Waals surface area contributed by atoms with Crippen molar-refractivity contribution in [2.75, 3.05) is 13.6 Å². The number of nitriles is 1. The Balaban J connectivity index is 2.40. The first-order valence-corrected chi connectivity index (χ1v) is 6.46. The van der Waals surface area contributed by atoms with Crippen LogP contribution in [0.2, 0.25) is 0 Å². The first-order valence-electron chi connectivity index (χ1n) is 6.46. The first-order chi connectivity index (χ1) is 8.52. The highest BCUT2D eigenvalue weighted by Crippen LogP contribution is 2.08. The molecule has 3 heteroatoms. The summed E-state index contributed by atoms with van der Waals surface area (Å²) in [7, 11) is 2.10. The Kier molecular flexibility index (Phi) is 5.84. The van der Waals surface area contributed by atoms with Crippen LogP contribution < -0.4 is 5.73 Å². The van der Waals surface area contributed by atoms with Gasteiger partial charge < -0.3 is 10.6 Å². The molecule has 0 radical (unpaired) electrons. The molecule has 0 aromatic heterocycles. The van der Waals surface area contributed by atoms with Crippen molar-refractivity contribution in [2.24, 2.45) is 11.7 Å². The molecule has 3 nitrogen and oxygen atoms in total. The molecular formula is C15H23N3. The van der Waals surface area contributed by atoms with Crippen LogP contribution in [0.15, 0.2) is 24.3 Å². The van der Waals surface area contributed by atoms with Gasteiger partial charge in [-0.05, 0) is 43.6 Å². The van der Waals surface area contributed by atoms with E-state index in [-0.39, 0.29) is 6.04 Å². The van der Waals surface area contributed by atoms with Crippen molar-refractivity contribution in [1.82, 2.24) is 4.90 Å². The minimum absolute atomic E-state index is 0.272. The normalized spacial score (nSPS) is 12.7. The molecule has 1 unspecified atom stereocenters. The highest BCUT2D eigenvalue weighted by Gasteiger charge is 2.09. The molecule has 0 heterocycles. The van der Waals surface area contributed by atoms with Crippen molar-refractivity contribution >= 4 is 0 Å². The molecule has 0 saturated carbocycles. The number of nitrogens with zero attached hydrogens (tertiary/aromatic N) is 2. The maximum atomic E-state index is 8.73. The second-order valence-electron chi connectivity index (χ2n) is 5.24. The Morgan fingerprint density at radius 1 is 1.28 bits per heavy atom. The lowest BCUT2D eigenvalue weighted by atomic mass is 10.0. The molecule has 0 amide bonds. The fraction of sp³-hybridized carbons (Fsp3) is 0.533. The van der Waals surface area contributed by atoms with Crippen LogP contribution in [0.5, 0.6) is 0 Å². The average molecular weight is 245 g/mol. The zero-order valence-corrected chi connectivity index (χ0v) is 11.6. The van der Waals surface area contributed by atoms with Gasteiger partial charge in [-0.1, -0.05) is 26.0 Å². The van der Waals surface area contributed by atoms with Gasteiger partial charge >= 0.3 is 0 Å². The molecule has 1 aromatic rings. The fourth-order valence-corrected chi connectivity index (χ4v) is 1.78. The number of hydrogen-bond donors (Lipinski definition) is 1. The number of rotatable bonds is 6. The number of nitrogens with two attached hydrogens (primary N) is 1. The Bertz CT molecular complexity index is 389. The zero-order valence-electron chi connectivity index (χ0n) is 11.6. The SMILES string of the molecule is CC(C)C(N)CCN(C)Cc1ccc(C#N)cc1. The molecule has 0 saturated heterocycles. The molecule has 0 fully saturated rings. The van der Waals surface area contributed by atoms with Crippen molar-refractivity contribution in [1.29, 1.82) is 5.26 Å². The Labute approximate surface area is 110 Å². The van der Waals surface area contributed by atoms with Crippen LogP contribution >= 0.6 is 0 Å². The Hall–Kier alpha value is -1.37. The number of benzene rings is 1. The van der Waals surface area contributed by atoms with E-state index in [2.05, 4.69) is 31.9 Å². The summed E-state index contributed by atoms with van der Waals surface area (Å²) in [5.41, 5.74) is 7.98. The summed E-state index contributed by atoms with van der Waals surface area (Å²) < 4.78 is 0. The molecule has 0 spiro atoms. The highest BCUT2D eigenvalue weighted by molar-refractivity contribution is 5.31. The molecule has 0 aliphatic heterocycles. The van der Waals surface area contributed by atoms with Crippen LogP contribution in [0.4, 0.5) is 0 Å².